The van der Waals surface area contributed by atoms with Gasteiger partial charge in [0.05, 0.1) is 11.6 Å². The fourth-order valence-corrected chi connectivity index (χ4v) is 2.80. The number of aliphatic imine (C=N–C) groups is 1. The van der Waals surface area contributed by atoms with Crippen LogP contribution in [-0.2, 0) is 13.0 Å². The second-order valence-corrected chi connectivity index (χ2v) is 5.99. The molecular weight excluding hydrogens is 292 g/mol. The summed E-state index contributed by atoms with van der Waals surface area (Å²) in [6.45, 7) is 1.62. The number of guanidine groups is 1. The number of thiophene rings is 1. The number of nitrogens with one attached hydrogen (secondary N) is 1. The van der Waals surface area contributed by atoms with Crippen LogP contribution in [0.3, 0.4) is 0 Å². The molecule has 0 atom stereocenters. The van der Waals surface area contributed by atoms with Crippen LogP contribution < -0.4 is 5.32 Å². The smallest absolute Gasteiger partial charge is 0.193 e. The van der Waals surface area contributed by atoms with Gasteiger partial charge in [-0.2, -0.15) is 5.26 Å². The SMILES string of the molecule is CN=C(NCc1ccc(C#N)cc1)N(C)CCc1cccs1. The van der Waals surface area contributed by atoms with Crippen molar-refractivity contribution in [3.8, 4) is 6.07 Å². The Hall–Kier alpha value is -2.32. The lowest BCUT2D eigenvalue weighted by Gasteiger charge is -2.21. The zero-order chi connectivity index (χ0) is 15.8. The zero-order valence-corrected chi connectivity index (χ0v) is 13.7. The third-order valence-electron chi connectivity index (χ3n) is 3.38. The van der Waals surface area contributed by atoms with Gasteiger partial charge in [0.1, 0.15) is 0 Å². The number of hydrogen-bond donors (Lipinski definition) is 1. The molecule has 0 unspecified atom stereocenters. The summed E-state index contributed by atoms with van der Waals surface area (Å²) < 4.78 is 0. The largest absolute Gasteiger partial charge is 0.352 e. The Morgan fingerprint density at radius 3 is 2.68 bits per heavy atom. The van der Waals surface area contributed by atoms with Crippen LogP contribution in [0.1, 0.15) is 16.0 Å². The summed E-state index contributed by atoms with van der Waals surface area (Å²) in [6, 6.07) is 14.0. The van der Waals surface area contributed by atoms with Crippen LogP contribution in [0.2, 0.25) is 0 Å². The molecule has 1 aromatic heterocycles. The molecule has 4 nitrogen and oxygen atoms in total. The quantitative estimate of drug-likeness (QED) is 0.682. The molecule has 22 heavy (non-hydrogen) atoms. The Morgan fingerprint density at radius 2 is 2.09 bits per heavy atom. The van der Waals surface area contributed by atoms with Crippen molar-refractivity contribution < 1.29 is 0 Å². The van der Waals surface area contributed by atoms with E-state index in [1.54, 1.807) is 18.4 Å². The molecule has 0 aliphatic heterocycles. The number of likely N-dealkylation sites (N-methyl/N-ethyl adjacent to an activating group) is 1. The molecule has 0 saturated heterocycles. The fraction of sp³-hybridized carbons (Fsp3) is 0.294. The second-order valence-electron chi connectivity index (χ2n) is 4.96. The van der Waals surface area contributed by atoms with E-state index in [0.717, 1.165) is 24.5 Å². The first kappa shape index (κ1) is 16.1. The van der Waals surface area contributed by atoms with Gasteiger partial charge in [-0.05, 0) is 35.6 Å². The first-order valence-electron chi connectivity index (χ1n) is 7.16. The molecule has 0 spiro atoms. The number of nitrogens with zero attached hydrogens (tertiary/aromatic N) is 3. The van der Waals surface area contributed by atoms with Crippen LogP contribution in [0.5, 0.6) is 0 Å². The zero-order valence-electron chi connectivity index (χ0n) is 12.9. The lowest BCUT2D eigenvalue weighted by atomic mass is 10.1. The van der Waals surface area contributed by atoms with Gasteiger partial charge in [-0.15, -0.1) is 11.3 Å². The van der Waals surface area contributed by atoms with Crippen LogP contribution in [0.4, 0.5) is 0 Å². The Balaban J connectivity index is 1.84. The second kappa shape index (κ2) is 8.20. The topological polar surface area (TPSA) is 51.4 Å². The molecule has 0 bridgehead atoms. The normalized spacial score (nSPS) is 11.0. The van der Waals surface area contributed by atoms with Gasteiger partial charge in [-0.3, -0.25) is 4.99 Å². The molecule has 0 radical (unpaired) electrons. The minimum absolute atomic E-state index is 0.682. The molecule has 1 heterocycles. The molecule has 114 valence electrons. The minimum atomic E-state index is 0.682. The summed E-state index contributed by atoms with van der Waals surface area (Å²) in [6.07, 6.45) is 1.02. The monoisotopic (exact) mass is 312 g/mol. The summed E-state index contributed by atoms with van der Waals surface area (Å²) >= 11 is 1.78. The Kier molecular flexibility index (Phi) is 5.99. The number of hydrogen-bond acceptors (Lipinski definition) is 3. The molecule has 0 amide bonds. The predicted octanol–water partition coefficient (Wildman–Crippen LogP) is 2.87. The van der Waals surface area contributed by atoms with Crippen LogP contribution >= 0.6 is 11.3 Å². The summed E-state index contributed by atoms with van der Waals surface area (Å²) in [4.78, 5) is 7.83. The van der Waals surface area contributed by atoms with E-state index in [9.17, 15) is 0 Å². The van der Waals surface area contributed by atoms with Crippen molar-refractivity contribution >= 4 is 17.3 Å². The molecular formula is C17H20N4S. The average Bonchev–Trinajstić information content (AvgIpc) is 3.07. The highest BCUT2D eigenvalue weighted by molar-refractivity contribution is 7.09. The number of nitriles is 1. The Labute approximate surface area is 135 Å². The fourth-order valence-electron chi connectivity index (χ4n) is 2.10. The summed E-state index contributed by atoms with van der Waals surface area (Å²) in [7, 11) is 3.84. The van der Waals surface area contributed by atoms with E-state index >= 15 is 0 Å². The van der Waals surface area contributed by atoms with Crippen LogP contribution in [0.15, 0.2) is 46.8 Å². The highest BCUT2D eigenvalue weighted by Crippen LogP contribution is 2.09. The predicted molar refractivity (Wildman–Crippen MR) is 92.0 cm³/mol. The van der Waals surface area contributed by atoms with Crippen molar-refractivity contribution in [2.24, 2.45) is 4.99 Å². The lowest BCUT2D eigenvalue weighted by molar-refractivity contribution is 0.486. The van der Waals surface area contributed by atoms with Crippen LogP contribution in [0.25, 0.3) is 0 Å². The Bertz CT molecular complexity index is 638. The van der Waals surface area contributed by atoms with Gasteiger partial charge in [-0.1, -0.05) is 18.2 Å². The van der Waals surface area contributed by atoms with Gasteiger partial charge in [0.15, 0.2) is 5.96 Å². The summed E-state index contributed by atoms with van der Waals surface area (Å²) in [5.74, 6) is 0.876. The third kappa shape index (κ3) is 4.61. The van der Waals surface area contributed by atoms with Crippen molar-refractivity contribution in [1.29, 1.82) is 5.26 Å². The number of rotatable bonds is 5. The highest BCUT2D eigenvalue weighted by Gasteiger charge is 2.06. The number of benzene rings is 1. The van der Waals surface area contributed by atoms with Crippen LogP contribution in [-0.4, -0.2) is 31.5 Å². The molecule has 0 aliphatic carbocycles. The van der Waals surface area contributed by atoms with E-state index in [1.165, 1.54) is 4.88 Å². The molecule has 1 aromatic carbocycles. The van der Waals surface area contributed by atoms with Gasteiger partial charge >= 0.3 is 0 Å². The molecule has 5 heteroatoms. The van der Waals surface area contributed by atoms with Gasteiger partial charge < -0.3 is 10.2 Å². The molecule has 0 fully saturated rings. The maximum atomic E-state index is 8.80. The average molecular weight is 312 g/mol. The molecule has 1 N–H and O–H groups in total. The van der Waals surface area contributed by atoms with Crippen molar-refractivity contribution in [2.75, 3.05) is 20.6 Å². The summed E-state index contributed by atoms with van der Waals surface area (Å²) in [5.41, 5.74) is 1.81. The van der Waals surface area contributed by atoms with Crippen molar-refractivity contribution in [2.45, 2.75) is 13.0 Å². The van der Waals surface area contributed by atoms with Gasteiger partial charge in [0, 0.05) is 32.1 Å². The lowest BCUT2D eigenvalue weighted by Crippen LogP contribution is -2.39. The molecule has 2 rings (SSSR count). The Morgan fingerprint density at radius 1 is 1.32 bits per heavy atom. The van der Waals surface area contributed by atoms with E-state index in [2.05, 4.69) is 38.8 Å². The molecule has 0 saturated carbocycles. The standard InChI is InChI=1S/C17H20N4S/c1-19-17(21(2)10-9-16-4-3-11-22-16)20-13-15-7-5-14(12-18)6-8-15/h3-8,11H,9-10,13H2,1-2H3,(H,19,20). The van der Waals surface area contributed by atoms with E-state index in [4.69, 9.17) is 5.26 Å². The van der Waals surface area contributed by atoms with E-state index in [1.807, 2.05) is 31.3 Å². The third-order valence-corrected chi connectivity index (χ3v) is 4.32. The van der Waals surface area contributed by atoms with Gasteiger partial charge in [-0.25, -0.2) is 0 Å². The van der Waals surface area contributed by atoms with Crippen LogP contribution in [0, 0.1) is 11.3 Å². The molecule has 2 aromatic rings. The van der Waals surface area contributed by atoms with Crippen molar-refractivity contribution in [1.82, 2.24) is 10.2 Å². The van der Waals surface area contributed by atoms with Gasteiger partial charge in [0.2, 0.25) is 0 Å². The highest BCUT2D eigenvalue weighted by atomic mass is 32.1. The maximum absolute atomic E-state index is 8.80. The van der Waals surface area contributed by atoms with Gasteiger partial charge in [0.25, 0.3) is 0 Å². The summed E-state index contributed by atoms with van der Waals surface area (Å²) in [5, 5.41) is 14.3. The maximum Gasteiger partial charge on any atom is 0.193 e. The van der Waals surface area contributed by atoms with E-state index in [0.29, 0.717) is 12.1 Å². The minimum Gasteiger partial charge on any atom is -0.352 e. The van der Waals surface area contributed by atoms with Crippen molar-refractivity contribution in [3.05, 3.63) is 57.8 Å². The van der Waals surface area contributed by atoms with E-state index in [-0.39, 0.29) is 0 Å². The first-order valence-corrected chi connectivity index (χ1v) is 8.04. The van der Waals surface area contributed by atoms with Crippen molar-refractivity contribution in [3.63, 3.8) is 0 Å². The molecule has 0 aliphatic rings. The van der Waals surface area contributed by atoms with E-state index < -0.39 is 0 Å². The first-order chi connectivity index (χ1) is 10.7.